The molecule has 0 saturated carbocycles. The average molecular weight is 514 g/mol. The van der Waals surface area contributed by atoms with Crippen molar-refractivity contribution in [3.8, 4) is 5.75 Å². The summed E-state index contributed by atoms with van der Waals surface area (Å²) < 4.78 is 31.6. The number of esters is 1. The van der Waals surface area contributed by atoms with Gasteiger partial charge in [0.15, 0.2) is 0 Å². The molecule has 12 heteroatoms. The number of H-pyrrole nitrogens is 1. The van der Waals surface area contributed by atoms with E-state index in [0.29, 0.717) is 12.2 Å². The molecule has 0 radical (unpaired) electrons. The van der Waals surface area contributed by atoms with E-state index in [1.165, 1.54) is 35.5 Å². The van der Waals surface area contributed by atoms with Crippen LogP contribution in [-0.2, 0) is 18.6 Å². The molecular formula is C22H32N3O7PS. The number of hydrogen-bond acceptors (Lipinski definition) is 8. The number of ether oxygens (including phenoxy) is 1. The topological polar surface area (TPSA) is 129 Å². The quantitative estimate of drug-likeness (QED) is 0.306. The van der Waals surface area contributed by atoms with E-state index in [9.17, 15) is 18.9 Å². The van der Waals surface area contributed by atoms with Crippen molar-refractivity contribution in [2.45, 2.75) is 57.6 Å². The molecule has 34 heavy (non-hydrogen) atoms. The number of nitrogens with zero attached hydrogens (tertiary/aromatic N) is 1. The molecule has 0 spiro atoms. The fraction of sp³-hybridized carbons (Fsp3) is 0.500. The Morgan fingerprint density at radius 1 is 1.15 bits per heavy atom. The Balaban J connectivity index is 2.13. The molecule has 0 aliphatic rings. The van der Waals surface area contributed by atoms with Gasteiger partial charge in [0, 0.05) is 23.6 Å². The van der Waals surface area contributed by atoms with Crippen LogP contribution in [0.1, 0.15) is 40.2 Å². The smallest absolute Gasteiger partial charge is 0.459 e. The molecule has 0 amide bonds. The molecule has 0 bridgehead atoms. The largest absolute Gasteiger partial charge is 0.462 e. The van der Waals surface area contributed by atoms with Gasteiger partial charge in [0.2, 0.25) is 0 Å². The number of aromatic nitrogens is 2. The maximum absolute atomic E-state index is 13.6. The van der Waals surface area contributed by atoms with Gasteiger partial charge in [0.1, 0.15) is 11.8 Å². The number of carbonyl (C=O) groups is 1. The van der Waals surface area contributed by atoms with E-state index in [2.05, 4.69) is 10.1 Å². The molecule has 0 saturated heterocycles. The van der Waals surface area contributed by atoms with Crippen LogP contribution < -0.4 is 20.9 Å². The summed E-state index contributed by atoms with van der Waals surface area (Å²) in [6, 6.07) is 8.59. The second-order valence-electron chi connectivity index (χ2n) is 7.99. The Bertz CT molecular complexity index is 1090. The van der Waals surface area contributed by atoms with E-state index in [4.69, 9.17) is 13.8 Å². The van der Waals surface area contributed by atoms with Crippen LogP contribution in [0.25, 0.3) is 0 Å². The van der Waals surface area contributed by atoms with Gasteiger partial charge in [-0.25, -0.2) is 9.36 Å². The standard InChI is InChI=1S/C22H32N3O7PS/c1-15(2)31-21(27)17(4)24-33(29,32-18-9-7-6-8-10-18)30-14-19(34-5)13-16(3)25-12-11-20(26)23-22(25)28/h6-12,15-17,19H,13-14H2,1-5H3,(H,24,29)(H,23,26,28). The van der Waals surface area contributed by atoms with E-state index in [0.717, 1.165) is 0 Å². The number of para-hydroxylation sites is 1. The van der Waals surface area contributed by atoms with Gasteiger partial charge in [-0.2, -0.15) is 16.8 Å². The Hall–Kier alpha value is -2.33. The van der Waals surface area contributed by atoms with Crippen molar-refractivity contribution in [1.29, 1.82) is 0 Å². The Kier molecular flexibility index (Phi) is 10.6. The minimum absolute atomic E-state index is 0.0205. The number of aromatic amines is 1. The highest BCUT2D eigenvalue weighted by Gasteiger charge is 2.33. The first kappa shape index (κ1) is 27.9. The molecule has 1 aromatic carbocycles. The van der Waals surface area contributed by atoms with Crippen LogP contribution >= 0.6 is 19.5 Å². The van der Waals surface area contributed by atoms with E-state index < -0.39 is 31.0 Å². The molecular weight excluding hydrogens is 481 g/mol. The van der Waals surface area contributed by atoms with Crippen LogP contribution in [0, 0.1) is 0 Å². The first-order chi connectivity index (χ1) is 16.0. The van der Waals surface area contributed by atoms with Gasteiger partial charge >= 0.3 is 19.4 Å². The monoisotopic (exact) mass is 513 g/mol. The summed E-state index contributed by atoms with van der Waals surface area (Å²) in [4.78, 5) is 37.9. The van der Waals surface area contributed by atoms with Crippen LogP contribution in [0.2, 0.25) is 0 Å². The normalized spacial score (nSPS) is 15.8. The van der Waals surface area contributed by atoms with Gasteiger partial charge in [0.05, 0.1) is 12.7 Å². The van der Waals surface area contributed by atoms with Crippen molar-refractivity contribution >= 4 is 25.5 Å². The van der Waals surface area contributed by atoms with Gasteiger partial charge < -0.3 is 9.26 Å². The summed E-state index contributed by atoms with van der Waals surface area (Å²) in [5.74, 6) is -0.264. The Labute approximate surface area is 203 Å². The lowest BCUT2D eigenvalue weighted by molar-refractivity contribution is -0.149. The molecule has 2 rings (SSSR count). The summed E-state index contributed by atoms with van der Waals surface area (Å²) in [5.41, 5.74) is -0.966. The van der Waals surface area contributed by atoms with Crippen molar-refractivity contribution < 1.29 is 23.1 Å². The highest BCUT2D eigenvalue weighted by Crippen LogP contribution is 2.45. The molecule has 0 aliphatic carbocycles. The lowest BCUT2D eigenvalue weighted by Crippen LogP contribution is -2.36. The van der Waals surface area contributed by atoms with Crippen molar-refractivity contribution in [3.63, 3.8) is 0 Å². The maximum atomic E-state index is 13.6. The zero-order chi connectivity index (χ0) is 25.3. The van der Waals surface area contributed by atoms with Crippen LogP contribution in [0.15, 0.2) is 52.2 Å². The van der Waals surface area contributed by atoms with Crippen molar-refractivity contribution in [2.24, 2.45) is 0 Å². The number of hydrogen-bond donors (Lipinski definition) is 2. The molecule has 4 unspecified atom stereocenters. The summed E-state index contributed by atoms with van der Waals surface area (Å²) in [5, 5.41) is 2.49. The van der Waals surface area contributed by atoms with E-state index in [1.54, 1.807) is 44.2 Å². The highest BCUT2D eigenvalue weighted by molar-refractivity contribution is 7.99. The Morgan fingerprint density at radius 2 is 1.82 bits per heavy atom. The zero-order valence-electron chi connectivity index (χ0n) is 19.9. The third-order valence-electron chi connectivity index (χ3n) is 4.72. The van der Waals surface area contributed by atoms with Crippen LogP contribution in [0.3, 0.4) is 0 Å². The van der Waals surface area contributed by atoms with Gasteiger partial charge in [0.25, 0.3) is 5.56 Å². The molecule has 0 fully saturated rings. The summed E-state index contributed by atoms with van der Waals surface area (Å²) in [6.07, 6.45) is 3.47. The molecule has 2 aromatic rings. The highest BCUT2D eigenvalue weighted by atomic mass is 32.2. The number of rotatable bonds is 13. The van der Waals surface area contributed by atoms with Crippen LogP contribution in [0.4, 0.5) is 0 Å². The number of thioether (sulfide) groups is 1. The minimum atomic E-state index is -3.97. The minimum Gasteiger partial charge on any atom is -0.462 e. The third-order valence-corrected chi connectivity index (χ3v) is 7.36. The lowest BCUT2D eigenvalue weighted by atomic mass is 10.2. The summed E-state index contributed by atoms with van der Waals surface area (Å²) in [7, 11) is -3.97. The maximum Gasteiger partial charge on any atom is 0.459 e. The van der Waals surface area contributed by atoms with E-state index in [1.807, 2.05) is 13.2 Å². The second-order valence-corrected chi connectivity index (χ2v) is 10.8. The fourth-order valence-electron chi connectivity index (χ4n) is 3.02. The summed E-state index contributed by atoms with van der Waals surface area (Å²) >= 11 is 1.47. The summed E-state index contributed by atoms with van der Waals surface area (Å²) in [6.45, 7) is 6.82. The van der Waals surface area contributed by atoms with Gasteiger partial charge in [-0.05, 0) is 52.5 Å². The van der Waals surface area contributed by atoms with Gasteiger partial charge in [-0.3, -0.25) is 23.7 Å². The number of carbonyl (C=O) groups excluding carboxylic acids is 1. The molecule has 188 valence electrons. The molecule has 0 aliphatic heterocycles. The lowest BCUT2D eigenvalue weighted by Gasteiger charge is -2.26. The van der Waals surface area contributed by atoms with E-state index in [-0.39, 0.29) is 24.0 Å². The first-order valence-corrected chi connectivity index (χ1v) is 13.7. The Morgan fingerprint density at radius 3 is 2.41 bits per heavy atom. The predicted octanol–water partition coefficient (Wildman–Crippen LogP) is 3.35. The molecule has 2 N–H and O–H groups in total. The average Bonchev–Trinajstić information content (AvgIpc) is 2.76. The van der Waals surface area contributed by atoms with Crippen molar-refractivity contribution in [3.05, 3.63) is 63.4 Å². The first-order valence-electron chi connectivity index (χ1n) is 10.8. The van der Waals surface area contributed by atoms with Crippen molar-refractivity contribution in [2.75, 3.05) is 12.9 Å². The van der Waals surface area contributed by atoms with Crippen molar-refractivity contribution in [1.82, 2.24) is 14.6 Å². The molecule has 10 nitrogen and oxygen atoms in total. The molecule has 1 heterocycles. The third kappa shape index (κ3) is 8.79. The van der Waals surface area contributed by atoms with Crippen LogP contribution in [-0.4, -0.2) is 45.8 Å². The van der Waals surface area contributed by atoms with Gasteiger partial charge in [-0.15, -0.1) is 0 Å². The zero-order valence-corrected chi connectivity index (χ0v) is 21.6. The molecule has 4 atom stereocenters. The SMILES string of the molecule is CSC(COP(=O)(NC(C)C(=O)OC(C)C)Oc1ccccc1)CC(C)n1ccc(=O)[nH]c1=O. The number of benzene rings is 1. The molecule has 1 aromatic heterocycles. The number of nitrogens with one attached hydrogen (secondary N) is 2. The fourth-order valence-corrected chi connectivity index (χ4v) is 5.33. The van der Waals surface area contributed by atoms with Gasteiger partial charge in [-0.1, -0.05) is 18.2 Å². The van der Waals surface area contributed by atoms with Crippen LogP contribution in [0.5, 0.6) is 5.75 Å². The predicted molar refractivity (Wildman–Crippen MR) is 132 cm³/mol. The second kappa shape index (κ2) is 12.9. The van der Waals surface area contributed by atoms with E-state index >= 15 is 0 Å².